The highest BCUT2D eigenvalue weighted by Gasteiger charge is 2.14. The minimum atomic E-state index is -0.329. The van der Waals surface area contributed by atoms with Crippen LogP contribution in [-0.2, 0) is 0 Å². The van der Waals surface area contributed by atoms with E-state index in [9.17, 15) is 9.18 Å². The number of aryl methyl sites for hydroxylation is 1. The summed E-state index contributed by atoms with van der Waals surface area (Å²) in [5.41, 5.74) is 13.8. The highest BCUT2D eigenvalue weighted by atomic mass is 19.1. The molecule has 0 saturated carbocycles. The van der Waals surface area contributed by atoms with Crippen molar-refractivity contribution in [3.8, 4) is 0 Å². The molecule has 2 aromatic rings. The van der Waals surface area contributed by atoms with Gasteiger partial charge in [-0.1, -0.05) is 12.1 Å². The average molecular weight is 287 g/mol. The Kier molecular flexibility index (Phi) is 4.12. The molecule has 110 valence electrons. The van der Waals surface area contributed by atoms with E-state index in [0.29, 0.717) is 28.1 Å². The van der Waals surface area contributed by atoms with E-state index in [1.807, 2.05) is 0 Å². The van der Waals surface area contributed by atoms with Crippen LogP contribution in [0.5, 0.6) is 0 Å². The van der Waals surface area contributed by atoms with Gasteiger partial charge in [-0.25, -0.2) is 4.39 Å². The molecule has 0 radical (unpaired) electrons. The maximum absolute atomic E-state index is 13.6. The summed E-state index contributed by atoms with van der Waals surface area (Å²) in [7, 11) is 0. The standard InChI is InChI=1S/C16H18FN3O/c1-9-3-4-11(7-14(9)17)10(2)20-16(21)13-6-5-12(18)8-15(13)19/h3-8,10H,18-19H2,1-2H3,(H,20,21). The first-order valence-corrected chi connectivity index (χ1v) is 6.60. The number of nitrogens with two attached hydrogens (primary N) is 2. The first-order chi connectivity index (χ1) is 9.88. The van der Waals surface area contributed by atoms with Crippen LogP contribution in [0.3, 0.4) is 0 Å². The number of halogens is 1. The molecule has 0 aliphatic carbocycles. The molecular formula is C16H18FN3O. The normalized spacial score (nSPS) is 12.0. The Balaban J connectivity index is 2.16. The third kappa shape index (κ3) is 3.31. The Morgan fingerprint density at radius 3 is 2.52 bits per heavy atom. The Morgan fingerprint density at radius 1 is 1.19 bits per heavy atom. The van der Waals surface area contributed by atoms with Crippen molar-refractivity contribution in [2.24, 2.45) is 0 Å². The SMILES string of the molecule is Cc1ccc(C(C)NC(=O)c2ccc(N)cc2N)cc1F. The second-order valence-electron chi connectivity index (χ2n) is 5.05. The van der Waals surface area contributed by atoms with E-state index >= 15 is 0 Å². The third-order valence-corrected chi connectivity index (χ3v) is 3.36. The van der Waals surface area contributed by atoms with Crippen LogP contribution in [0, 0.1) is 12.7 Å². The molecular weight excluding hydrogens is 269 g/mol. The minimum Gasteiger partial charge on any atom is -0.399 e. The smallest absolute Gasteiger partial charge is 0.253 e. The molecule has 1 unspecified atom stereocenters. The van der Waals surface area contributed by atoms with Gasteiger partial charge in [0.2, 0.25) is 0 Å². The number of benzene rings is 2. The lowest BCUT2D eigenvalue weighted by Gasteiger charge is -2.16. The van der Waals surface area contributed by atoms with E-state index in [-0.39, 0.29) is 17.8 Å². The molecule has 1 atom stereocenters. The number of rotatable bonds is 3. The second kappa shape index (κ2) is 5.83. The zero-order chi connectivity index (χ0) is 15.6. The highest BCUT2D eigenvalue weighted by Crippen LogP contribution is 2.19. The minimum absolute atomic E-state index is 0.291. The van der Waals surface area contributed by atoms with Gasteiger partial charge in [-0.05, 0) is 49.2 Å². The van der Waals surface area contributed by atoms with Crippen molar-refractivity contribution in [2.75, 3.05) is 11.5 Å². The van der Waals surface area contributed by atoms with Crippen LogP contribution in [0.15, 0.2) is 36.4 Å². The quantitative estimate of drug-likeness (QED) is 0.759. The van der Waals surface area contributed by atoms with Crippen molar-refractivity contribution in [1.82, 2.24) is 5.32 Å². The van der Waals surface area contributed by atoms with Gasteiger partial charge in [0.05, 0.1) is 11.6 Å². The predicted octanol–water partition coefficient (Wildman–Crippen LogP) is 2.79. The summed E-state index contributed by atoms with van der Waals surface area (Å²) >= 11 is 0. The van der Waals surface area contributed by atoms with E-state index in [0.717, 1.165) is 0 Å². The molecule has 0 bridgehead atoms. The molecule has 0 saturated heterocycles. The van der Waals surface area contributed by atoms with Gasteiger partial charge in [-0.2, -0.15) is 0 Å². The van der Waals surface area contributed by atoms with Crippen LogP contribution in [0.4, 0.5) is 15.8 Å². The number of carbonyl (C=O) groups excluding carboxylic acids is 1. The van der Waals surface area contributed by atoms with Crippen LogP contribution in [-0.4, -0.2) is 5.91 Å². The van der Waals surface area contributed by atoms with Gasteiger partial charge in [0.15, 0.2) is 0 Å². The van der Waals surface area contributed by atoms with E-state index in [1.165, 1.54) is 12.1 Å². The van der Waals surface area contributed by atoms with Crippen molar-refractivity contribution >= 4 is 17.3 Å². The predicted molar refractivity (Wildman–Crippen MR) is 82.3 cm³/mol. The number of nitrogen functional groups attached to an aromatic ring is 2. The fraction of sp³-hybridized carbons (Fsp3) is 0.188. The van der Waals surface area contributed by atoms with Crippen molar-refractivity contribution in [3.05, 3.63) is 58.9 Å². The number of carbonyl (C=O) groups is 1. The number of hydrogen-bond donors (Lipinski definition) is 3. The average Bonchev–Trinajstić information content (AvgIpc) is 2.41. The lowest BCUT2D eigenvalue weighted by molar-refractivity contribution is 0.0940. The van der Waals surface area contributed by atoms with Crippen LogP contribution >= 0.6 is 0 Å². The molecule has 2 rings (SSSR count). The first-order valence-electron chi connectivity index (χ1n) is 6.60. The van der Waals surface area contributed by atoms with Gasteiger partial charge >= 0.3 is 0 Å². The molecule has 0 aromatic heterocycles. The van der Waals surface area contributed by atoms with Crippen LogP contribution in [0.2, 0.25) is 0 Å². The van der Waals surface area contributed by atoms with Gasteiger partial charge in [0, 0.05) is 11.4 Å². The first kappa shape index (κ1) is 14.8. The van der Waals surface area contributed by atoms with Crippen LogP contribution in [0.1, 0.15) is 34.5 Å². The summed E-state index contributed by atoms with van der Waals surface area (Å²) < 4.78 is 13.6. The number of hydrogen-bond acceptors (Lipinski definition) is 3. The third-order valence-electron chi connectivity index (χ3n) is 3.36. The largest absolute Gasteiger partial charge is 0.399 e. The van der Waals surface area contributed by atoms with Crippen molar-refractivity contribution in [2.45, 2.75) is 19.9 Å². The second-order valence-corrected chi connectivity index (χ2v) is 5.05. The van der Waals surface area contributed by atoms with Gasteiger partial charge in [0.1, 0.15) is 5.82 Å². The molecule has 5 heteroatoms. The van der Waals surface area contributed by atoms with Crippen molar-refractivity contribution in [1.29, 1.82) is 0 Å². The number of nitrogens with one attached hydrogen (secondary N) is 1. The molecule has 0 fully saturated rings. The van der Waals surface area contributed by atoms with E-state index < -0.39 is 0 Å². The molecule has 0 aliphatic rings. The van der Waals surface area contributed by atoms with Gasteiger partial charge in [0.25, 0.3) is 5.91 Å². The summed E-state index contributed by atoms with van der Waals surface area (Å²) in [5.74, 6) is -0.610. The lowest BCUT2D eigenvalue weighted by atomic mass is 10.0. The number of anilines is 2. The van der Waals surface area contributed by atoms with Crippen LogP contribution in [0.25, 0.3) is 0 Å². The van der Waals surface area contributed by atoms with E-state index in [1.54, 1.807) is 38.1 Å². The van der Waals surface area contributed by atoms with E-state index in [4.69, 9.17) is 11.5 Å². The fourth-order valence-electron chi connectivity index (χ4n) is 2.02. The molecule has 4 nitrogen and oxygen atoms in total. The topological polar surface area (TPSA) is 81.1 Å². The molecule has 5 N–H and O–H groups in total. The van der Waals surface area contributed by atoms with Gasteiger partial charge in [-0.15, -0.1) is 0 Å². The molecule has 0 spiro atoms. The monoisotopic (exact) mass is 287 g/mol. The zero-order valence-electron chi connectivity index (χ0n) is 12.0. The molecule has 0 aliphatic heterocycles. The van der Waals surface area contributed by atoms with Gasteiger partial charge < -0.3 is 16.8 Å². The highest BCUT2D eigenvalue weighted by molar-refractivity contribution is 5.99. The molecule has 21 heavy (non-hydrogen) atoms. The molecule has 0 heterocycles. The molecule has 2 aromatic carbocycles. The maximum Gasteiger partial charge on any atom is 0.253 e. The Hall–Kier alpha value is -2.56. The summed E-state index contributed by atoms with van der Waals surface area (Å²) in [6.45, 7) is 3.48. The number of amides is 1. The Morgan fingerprint density at radius 2 is 1.90 bits per heavy atom. The van der Waals surface area contributed by atoms with Gasteiger partial charge in [-0.3, -0.25) is 4.79 Å². The van der Waals surface area contributed by atoms with E-state index in [2.05, 4.69) is 5.32 Å². The molecule has 1 amide bonds. The summed E-state index contributed by atoms with van der Waals surface area (Å²) in [6.07, 6.45) is 0. The maximum atomic E-state index is 13.6. The van der Waals surface area contributed by atoms with Crippen molar-refractivity contribution in [3.63, 3.8) is 0 Å². The fourth-order valence-corrected chi connectivity index (χ4v) is 2.02. The Bertz CT molecular complexity index is 685. The zero-order valence-corrected chi connectivity index (χ0v) is 12.0. The van der Waals surface area contributed by atoms with Crippen molar-refractivity contribution < 1.29 is 9.18 Å². The summed E-state index contributed by atoms with van der Waals surface area (Å²) in [6, 6.07) is 9.28. The summed E-state index contributed by atoms with van der Waals surface area (Å²) in [5, 5.41) is 2.79. The lowest BCUT2D eigenvalue weighted by Crippen LogP contribution is -2.27. The van der Waals surface area contributed by atoms with Crippen LogP contribution < -0.4 is 16.8 Å². The Labute approximate surface area is 123 Å². The summed E-state index contributed by atoms with van der Waals surface area (Å²) in [4.78, 5) is 12.2.